The van der Waals surface area contributed by atoms with Gasteiger partial charge in [0.25, 0.3) is 0 Å². The van der Waals surface area contributed by atoms with E-state index in [9.17, 15) is 0 Å². The molecule has 2 rings (SSSR count). The second-order valence-corrected chi connectivity index (χ2v) is 4.89. The van der Waals surface area contributed by atoms with E-state index in [1.54, 1.807) is 0 Å². The molecule has 94 valence electrons. The molecular weight excluding hydrogens is 220 g/mol. The van der Waals surface area contributed by atoms with Gasteiger partial charge in [0.2, 0.25) is 0 Å². The second kappa shape index (κ2) is 6.31. The summed E-state index contributed by atoms with van der Waals surface area (Å²) in [4.78, 5) is 4.14. The third-order valence-electron chi connectivity index (χ3n) is 2.87. The maximum absolute atomic E-state index is 4.14. The highest BCUT2D eigenvalue weighted by Crippen LogP contribution is 2.10. The molecular formula is C16H20N2. The van der Waals surface area contributed by atoms with E-state index < -0.39 is 0 Å². The van der Waals surface area contributed by atoms with Crippen molar-refractivity contribution in [3.63, 3.8) is 0 Å². The fourth-order valence-electron chi connectivity index (χ4n) is 1.84. The molecule has 2 heteroatoms. The normalized spacial score (nSPS) is 10.8. The molecule has 0 amide bonds. The third kappa shape index (κ3) is 3.97. The molecule has 0 saturated carbocycles. The Morgan fingerprint density at radius 3 is 2.33 bits per heavy atom. The molecule has 0 fully saturated rings. The van der Waals surface area contributed by atoms with Gasteiger partial charge in [0.15, 0.2) is 0 Å². The molecule has 0 unspecified atom stereocenters. The van der Waals surface area contributed by atoms with Gasteiger partial charge in [-0.1, -0.05) is 44.2 Å². The highest BCUT2D eigenvalue weighted by molar-refractivity contribution is 5.27. The van der Waals surface area contributed by atoms with Crippen LogP contribution in [0.15, 0.2) is 48.8 Å². The first-order valence-corrected chi connectivity index (χ1v) is 6.44. The molecule has 0 aliphatic heterocycles. The van der Waals surface area contributed by atoms with Crippen molar-refractivity contribution in [3.05, 3.63) is 65.5 Å². The summed E-state index contributed by atoms with van der Waals surface area (Å²) in [6.07, 6.45) is 4.68. The highest BCUT2D eigenvalue weighted by atomic mass is 14.9. The Bertz CT molecular complexity index is 460. The number of pyridine rings is 1. The molecule has 1 heterocycles. The molecule has 0 aliphatic carbocycles. The molecule has 0 bridgehead atoms. The van der Waals surface area contributed by atoms with Crippen LogP contribution in [0.1, 0.15) is 30.5 Å². The summed E-state index contributed by atoms with van der Waals surface area (Å²) in [6, 6.07) is 13.4. The van der Waals surface area contributed by atoms with Gasteiger partial charge < -0.3 is 5.32 Å². The van der Waals surface area contributed by atoms with Gasteiger partial charge in [-0.15, -0.1) is 0 Å². The molecule has 1 aromatic heterocycles. The van der Waals surface area contributed by atoms with E-state index in [1.807, 2.05) is 18.5 Å². The minimum atomic E-state index is 0.528. The molecule has 0 radical (unpaired) electrons. The van der Waals surface area contributed by atoms with Crippen LogP contribution in [0.5, 0.6) is 0 Å². The van der Waals surface area contributed by atoms with Gasteiger partial charge in [-0.3, -0.25) is 4.98 Å². The SMILES string of the molecule is CC(C)NCc1ccc(Cc2cccnc2)cc1. The Hall–Kier alpha value is -1.67. The van der Waals surface area contributed by atoms with Crippen LogP contribution >= 0.6 is 0 Å². The summed E-state index contributed by atoms with van der Waals surface area (Å²) < 4.78 is 0. The van der Waals surface area contributed by atoms with E-state index in [4.69, 9.17) is 0 Å². The van der Waals surface area contributed by atoms with Crippen LogP contribution in [0.2, 0.25) is 0 Å². The first-order chi connectivity index (χ1) is 8.74. The fourth-order valence-corrected chi connectivity index (χ4v) is 1.84. The van der Waals surface area contributed by atoms with E-state index in [0.29, 0.717) is 6.04 Å². The summed E-state index contributed by atoms with van der Waals surface area (Å²) in [5.41, 5.74) is 3.92. The zero-order chi connectivity index (χ0) is 12.8. The summed E-state index contributed by atoms with van der Waals surface area (Å²) in [7, 11) is 0. The minimum absolute atomic E-state index is 0.528. The summed E-state index contributed by atoms with van der Waals surface area (Å²) >= 11 is 0. The summed E-state index contributed by atoms with van der Waals surface area (Å²) in [5, 5.41) is 3.42. The van der Waals surface area contributed by atoms with E-state index in [2.05, 4.69) is 54.5 Å². The molecule has 0 saturated heterocycles. The van der Waals surface area contributed by atoms with Crippen LogP contribution in [0.4, 0.5) is 0 Å². The average molecular weight is 240 g/mol. The number of nitrogens with one attached hydrogen (secondary N) is 1. The fraction of sp³-hybridized carbons (Fsp3) is 0.312. The summed E-state index contributed by atoms with van der Waals surface area (Å²) in [6.45, 7) is 5.26. The molecule has 2 aromatic rings. The lowest BCUT2D eigenvalue weighted by molar-refractivity contribution is 0.589. The van der Waals surface area contributed by atoms with Crippen molar-refractivity contribution in [2.24, 2.45) is 0 Å². The Labute approximate surface area is 109 Å². The van der Waals surface area contributed by atoms with E-state index in [0.717, 1.165) is 13.0 Å². The van der Waals surface area contributed by atoms with Crippen molar-refractivity contribution in [1.82, 2.24) is 10.3 Å². The zero-order valence-corrected chi connectivity index (χ0v) is 11.1. The van der Waals surface area contributed by atoms with Crippen molar-refractivity contribution in [2.45, 2.75) is 32.9 Å². The van der Waals surface area contributed by atoms with E-state index in [1.165, 1.54) is 16.7 Å². The van der Waals surface area contributed by atoms with Crippen molar-refractivity contribution < 1.29 is 0 Å². The first-order valence-electron chi connectivity index (χ1n) is 6.44. The Morgan fingerprint density at radius 1 is 1.00 bits per heavy atom. The quantitative estimate of drug-likeness (QED) is 0.868. The van der Waals surface area contributed by atoms with Gasteiger partial charge in [0.05, 0.1) is 0 Å². The second-order valence-electron chi connectivity index (χ2n) is 4.89. The van der Waals surface area contributed by atoms with Gasteiger partial charge in [0, 0.05) is 25.0 Å². The third-order valence-corrected chi connectivity index (χ3v) is 2.87. The van der Waals surface area contributed by atoms with Crippen molar-refractivity contribution >= 4 is 0 Å². The first kappa shape index (κ1) is 12.8. The topological polar surface area (TPSA) is 24.9 Å². The molecule has 1 aromatic carbocycles. The van der Waals surface area contributed by atoms with Crippen LogP contribution in [0.25, 0.3) is 0 Å². The maximum atomic E-state index is 4.14. The van der Waals surface area contributed by atoms with Crippen molar-refractivity contribution in [1.29, 1.82) is 0 Å². The maximum Gasteiger partial charge on any atom is 0.0303 e. The Kier molecular flexibility index (Phi) is 4.48. The largest absolute Gasteiger partial charge is 0.310 e. The summed E-state index contributed by atoms with van der Waals surface area (Å²) in [5.74, 6) is 0. The molecule has 0 atom stereocenters. The predicted octanol–water partition coefficient (Wildman–Crippen LogP) is 3.17. The van der Waals surface area contributed by atoms with Crippen LogP contribution < -0.4 is 5.32 Å². The number of benzene rings is 1. The van der Waals surface area contributed by atoms with Crippen LogP contribution in [-0.2, 0) is 13.0 Å². The number of nitrogens with zero attached hydrogens (tertiary/aromatic N) is 1. The van der Waals surface area contributed by atoms with E-state index in [-0.39, 0.29) is 0 Å². The van der Waals surface area contributed by atoms with Gasteiger partial charge in [-0.25, -0.2) is 0 Å². The zero-order valence-electron chi connectivity index (χ0n) is 11.1. The van der Waals surface area contributed by atoms with Crippen LogP contribution in [-0.4, -0.2) is 11.0 Å². The predicted molar refractivity (Wildman–Crippen MR) is 75.5 cm³/mol. The van der Waals surface area contributed by atoms with Gasteiger partial charge >= 0.3 is 0 Å². The molecule has 0 spiro atoms. The molecule has 2 nitrogen and oxygen atoms in total. The molecule has 1 N–H and O–H groups in total. The van der Waals surface area contributed by atoms with Gasteiger partial charge in [-0.2, -0.15) is 0 Å². The van der Waals surface area contributed by atoms with Crippen molar-refractivity contribution in [2.75, 3.05) is 0 Å². The van der Waals surface area contributed by atoms with Crippen molar-refractivity contribution in [3.8, 4) is 0 Å². The van der Waals surface area contributed by atoms with Crippen LogP contribution in [0.3, 0.4) is 0 Å². The average Bonchev–Trinajstić information content (AvgIpc) is 2.39. The highest BCUT2D eigenvalue weighted by Gasteiger charge is 1.98. The smallest absolute Gasteiger partial charge is 0.0303 e. The lowest BCUT2D eigenvalue weighted by Crippen LogP contribution is -2.21. The minimum Gasteiger partial charge on any atom is -0.310 e. The molecule has 0 aliphatic rings. The lowest BCUT2D eigenvalue weighted by Gasteiger charge is -2.08. The molecule has 18 heavy (non-hydrogen) atoms. The van der Waals surface area contributed by atoms with Gasteiger partial charge in [-0.05, 0) is 29.2 Å². The standard InChI is InChI=1S/C16H20N2/c1-13(2)18-12-15-7-5-14(6-8-15)10-16-4-3-9-17-11-16/h3-9,11,13,18H,10,12H2,1-2H3. The monoisotopic (exact) mass is 240 g/mol. The lowest BCUT2D eigenvalue weighted by atomic mass is 10.0. The van der Waals surface area contributed by atoms with E-state index >= 15 is 0 Å². The Morgan fingerprint density at radius 2 is 1.72 bits per heavy atom. The van der Waals surface area contributed by atoms with Gasteiger partial charge in [0.1, 0.15) is 0 Å². The Balaban J connectivity index is 1.95. The number of hydrogen-bond donors (Lipinski definition) is 1. The number of aromatic nitrogens is 1. The van der Waals surface area contributed by atoms with Crippen LogP contribution in [0, 0.1) is 0 Å². The number of hydrogen-bond acceptors (Lipinski definition) is 2. The number of rotatable bonds is 5.